The summed E-state index contributed by atoms with van der Waals surface area (Å²) in [5, 5.41) is 3.20. The van der Waals surface area contributed by atoms with Gasteiger partial charge in [-0.15, -0.1) is 0 Å². The second-order valence-corrected chi connectivity index (χ2v) is 4.29. The zero-order chi connectivity index (χ0) is 9.42. The molecular weight excluding hydrogens is 233 g/mol. The van der Waals surface area contributed by atoms with Crippen molar-refractivity contribution in [2.24, 2.45) is 0 Å². The molecule has 0 aliphatic carbocycles. The number of hydrogen-bond donors (Lipinski definition) is 1. The fourth-order valence-electron chi connectivity index (χ4n) is 1.77. The second-order valence-electron chi connectivity index (χ2n) is 3.44. The zero-order valence-corrected chi connectivity index (χ0v) is 8.99. The Morgan fingerprint density at radius 1 is 1.54 bits per heavy atom. The maximum absolute atomic E-state index is 13.6. The molecule has 1 aliphatic heterocycles. The Balaban J connectivity index is 2.58. The molecule has 0 saturated heterocycles. The minimum atomic E-state index is -0.114. The molecule has 70 valence electrons. The van der Waals surface area contributed by atoms with Crippen molar-refractivity contribution in [3.63, 3.8) is 0 Å². The lowest BCUT2D eigenvalue weighted by Gasteiger charge is -2.24. The van der Waals surface area contributed by atoms with Crippen molar-refractivity contribution in [1.82, 2.24) is 0 Å². The monoisotopic (exact) mass is 243 g/mol. The first-order valence-electron chi connectivity index (χ1n) is 4.42. The molecule has 3 heteroatoms. The van der Waals surface area contributed by atoms with Crippen LogP contribution in [0.5, 0.6) is 0 Å². The van der Waals surface area contributed by atoms with E-state index in [1.54, 1.807) is 6.07 Å². The van der Waals surface area contributed by atoms with Crippen LogP contribution in [-0.2, 0) is 0 Å². The predicted octanol–water partition coefficient (Wildman–Crippen LogP) is 3.51. The van der Waals surface area contributed by atoms with Gasteiger partial charge in [-0.25, -0.2) is 4.39 Å². The Labute approximate surface area is 85.5 Å². The van der Waals surface area contributed by atoms with E-state index in [1.165, 1.54) is 0 Å². The molecule has 1 aromatic carbocycles. The van der Waals surface area contributed by atoms with Crippen LogP contribution in [0.4, 0.5) is 10.1 Å². The number of halogens is 2. The normalized spacial score (nSPS) is 20.7. The lowest BCUT2D eigenvalue weighted by atomic mass is 9.92. The number of anilines is 1. The van der Waals surface area contributed by atoms with Crippen molar-refractivity contribution in [2.45, 2.75) is 19.3 Å². The molecule has 0 radical (unpaired) electrons. The highest BCUT2D eigenvalue weighted by Gasteiger charge is 2.21. The van der Waals surface area contributed by atoms with E-state index >= 15 is 0 Å². The first-order chi connectivity index (χ1) is 6.20. The molecule has 1 N–H and O–H groups in total. The van der Waals surface area contributed by atoms with Gasteiger partial charge >= 0.3 is 0 Å². The van der Waals surface area contributed by atoms with E-state index in [0.29, 0.717) is 10.4 Å². The van der Waals surface area contributed by atoms with Gasteiger partial charge in [0.25, 0.3) is 0 Å². The van der Waals surface area contributed by atoms with E-state index in [-0.39, 0.29) is 5.82 Å². The van der Waals surface area contributed by atoms with Crippen molar-refractivity contribution in [3.8, 4) is 0 Å². The molecule has 0 bridgehead atoms. The average molecular weight is 244 g/mol. The second kappa shape index (κ2) is 3.29. The van der Waals surface area contributed by atoms with Crippen LogP contribution in [0.15, 0.2) is 16.6 Å². The largest absolute Gasteiger partial charge is 0.385 e. The number of benzene rings is 1. The van der Waals surface area contributed by atoms with E-state index in [0.717, 1.165) is 24.2 Å². The zero-order valence-electron chi connectivity index (χ0n) is 7.40. The van der Waals surface area contributed by atoms with Gasteiger partial charge in [0, 0.05) is 17.8 Å². The fourth-order valence-corrected chi connectivity index (χ4v) is 2.12. The highest BCUT2D eigenvalue weighted by atomic mass is 79.9. The number of rotatable bonds is 0. The minimum absolute atomic E-state index is 0.114. The standard InChI is InChI=1S/C10H11BrFN/c1-6-4-5-13-8-3-2-7(11)10(12)9(6)8/h2-3,6,13H,4-5H2,1H3/t6-/m0/s1. The van der Waals surface area contributed by atoms with E-state index in [4.69, 9.17) is 0 Å². The Bertz CT molecular complexity index is 338. The molecule has 0 spiro atoms. The van der Waals surface area contributed by atoms with Crippen LogP contribution in [0, 0.1) is 5.82 Å². The summed E-state index contributed by atoms with van der Waals surface area (Å²) >= 11 is 3.20. The van der Waals surface area contributed by atoms with Gasteiger partial charge in [-0.05, 0) is 40.4 Å². The molecule has 0 fully saturated rings. The molecule has 1 aromatic rings. The maximum atomic E-state index is 13.6. The molecule has 0 aromatic heterocycles. The molecule has 0 amide bonds. The van der Waals surface area contributed by atoms with Crippen molar-refractivity contribution in [1.29, 1.82) is 0 Å². The molecule has 0 saturated carbocycles. The topological polar surface area (TPSA) is 12.0 Å². The molecular formula is C10H11BrFN. The Morgan fingerprint density at radius 2 is 2.31 bits per heavy atom. The molecule has 1 heterocycles. The van der Waals surface area contributed by atoms with Crippen molar-refractivity contribution < 1.29 is 4.39 Å². The van der Waals surface area contributed by atoms with Crippen LogP contribution >= 0.6 is 15.9 Å². The number of nitrogens with one attached hydrogen (secondary N) is 1. The summed E-state index contributed by atoms with van der Waals surface area (Å²) in [5.74, 6) is 0.200. The molecule has 1 nitrogen and oxygen atoms in total. The van der Waals surface area contributed by atoms with E-state index in [2.05, 4.69) is 28.2 Å². The van der Waals surface area contributed by atoms with Gasteiger partial charge in [-0.3, -0.25) is 0 Å². The van der Waals surface area contributed by atoms with Crippen molar-refractivity contribution >= 4 is 21.6 Å². The van der Waals surface area contributed by atoms with Gasteiger partial charge < -0.3 is 5.32 Å². The number of hydrogen-bond acceptors (Lipinski definition) is 1. The molecule has 1 atom stereocenters. The van der Waals surface area contributed by atoms with Crippen LogP contribution in [0.3, 0.4) is 0 Å². The molecule has 1 aliphatic rings. The highest BCUT2D eigenvalue weighted by Crippen LogP contribution is 2.36. The molecule has 0 unspecified atom stereocenters. The third kappa shape index (κ3) is 1.46. The lowest BCUT2D eigenvalue weighted by molar-refractivity contribution is 0.566. The van der Waals surface area contributed by atoms with E-state index in [9.17, 15) is 4.39 Å². The summed E-state index contributed by atoms with van der Waals surface area (Å²) in [6.45, 7) is 3.00. The van der Waals surface area contributed by atoms with Crippen LogP contribution < -0.4 is 5.32 Å². The third-order valence-corrected chi connectivity index (χ3v) is 3.13. The smallest absolute Gasteiger partial charge is 0.142 e. The van der Waals surface area contributed by atoms with Crippen LogP contribution in [0.2, 0.25) is 0 Å². The van der Waals surface area contributed by atoms with Gasteiger partial charge in [0.05, 0.1) is 4.47 Å². The summed E-state index contributed by atoms with van der Waals surface area (Å²) in [7, 11) is 0. The summed E-state index contributed by atoms with van der Waals surface area (Å²) in [6.07, 6.45) is 1.00. The summed E-state index contributed by atoms with van der Waals surface area (Å²) < 4.78 is 14.2. The van der Waals surface area contributed by atoms with E-state index < -0.39 is 0 Å². The first-order valence-corrected chi connectivity index (χ1v) is 5.21. The summed E-state index contributed by atoms with van der Waals surface area (Å²) in [6, 6.07) is 3.68. The molecule has 13 heavy (non-hydrogen) atoms. The van der Waals surface area contributed by atoms with Gasteiger partial charge in [0.15, 0.2) is 0 Å². The minimum Gasteiger partial charge on any atom is -0.385 e. The fraction of sp³-hybridized carbons (Fsp3) is 0.400. The maximum Gasteiger partial charge on any atom is 0.142 e. The van der Waals surface area contributed by atoms with Crippen LogP contribution in [0.25, 0.3) is 0 Å². The predicted molar refractivity (Wildman–Crippen MR) is 55.6 cm³/mol. The number of fused-ring (bicyclic) bond motifs is 1. The van der Waals surface area contributed by atoms with Gasteiger partial charge in [-0.1, -0.05) is 6.92 Å². The Hall–Kier alpha value is -0.570. The highest BCUT2D eigenvalue weighted by molar-refractivity contribution is 9.10. The quantitative estimate of drug-likeness (QED) is 0.736. The van der Waals surface area contributed by atoms with Crippen LogP contribution in [0.1, 0.15) is 24.8 Å². The van der Waals surface area contributed by atoms with Gasteiger partial charge in [0.2, 0.25) is 0 Å². The first kappa shape index (κ1) is 9.00. The lowest BCUT2D eigenvalue weighted by Crippen LogP contribution is -2.16. The average Bonchev–Trinajstić information content (AvgIpc) is 2.12. The molecule has 2 rings (SSSR count). The Morgan fingerprint density at radius 3 is 3.08 bits per heavy atom. The van der Waals surface area contributed by atoms with E-state index in [1.807, 2.05) is 6.07 Å². The van der Waals surface area contributed by atoms with Crippen LogP contribution in [-0.4, -0.2) is 6.54 Å². The third-order valence-electron chi connectivity index (χ3n) is 2.52. The van der Waals surface area contributed by atoms with Gasteiger partial charge in [0.1, 0.15) is 5.82 Å². The summed E-state index contributed by atoms with van der Waals surface area (Å²) in [4.78, 5) is 0. The SMILES string of the molecule is C[C@H]1CCNc2ccc(Br)c(F)c21. The Kier molecular flexibility index (Phi) is 2.28. The van der Waals surface area contributed by atoms with Crippen molar-refractivity contribution in [2.75, 3.05) is 11.9 Å². The van der Waals surface area contributed by atoms with Crippen molar-refractivity contribution in [3.05, 3.63) is 28.0 Å². The summed E-state index contributed by atoms with van der Waals surface area (Å²) in [5.41, 5.74) is 1.76. The van der Waals surface area contributed by atoms with Gasteiger partial charge in [-0.2, -0.15) is 0 Å².